The van der Waals surface area contributed by atoms with Crippen molar-refractivity contribution in [3.05, 3.63) is 66.4 Å². The number of anilines is 2. The molecule has 0 saturated heterocycles. The molecular weight excluding hydrogens is 555 g/mol. The number of hydrogen-bond acceptors (Lipinski definition) is 7. The van der Waals surface area contributed by atoms with Gasteiger partial charge in [0.05, 0.1) is 31.1 Å². The highest BCUT2D eigenvalue weighted by Gasteiger charge is 2.34. The van der Waals surface area contributed by atoms with E-state index in [9.17, 15) is 27.5 Å². The smallest absolute Gasteiger partial charge is 0.321 e. The molecule has 3 N–H and O–H groups in total. The summed E-state index contributed by atoms with van der Waals surface area (Å²) in [5.74, 6) is -0.914. The number of aromatic nitrogens is 2. The molecule has 14 heteroatoms. The summed E-state index contributed by atoms with van der Waals surface area (Å²) in [7, 11) is -0.789. The lowest BCUT2D eigenvalue weighted by atomic mass is 9.99. The second-order valence-corrected chi connectivity index (χ2v) is 11.8. The van der Waals surface area contributed by atoms with Crippen LogP contribution in [0.1, 0.15) is 24.2 Å². The number of likely N-dealkylation sites (N-methyl/N-ethyl adjacent to an activating group) is 1. The number of nitrogens with one attached hydrogen (secondary N) is 2. The molecule has 0 radical (unpaired) electrons. The largest absolute Gasteiger partial charge is 0.487 e. The first-order chi connectivity index (χ1) is 19.4. The van der Waals surface area contributed by atoms with Gasteiger partial charge in [-0.2, -0.15) is 8.42 Å². The number of aliphatic hydroxyl groups excluding tert-OH is 1. The van der Waals surface area contributed by atoms with E-state index < -0.39 is 39.9 Å². The fraction of sp³-hybridized carbons (Fsp3) is 0.370. The molecule has 41 heavy (non-hydrogen) atoms. The SMILES string of the molecule is C[C@@H]1CN([C@@H](C)CO)C(=O)c2cc(NS(=O)(=O)c3cn(C)cn3)ccc2O[C@@H]1CN(C)C(=O)Nc1ccc(F)cc1. The lowest BCUT2D eigenvalue weighted by molar-refractivity contribution is 0.0371. The van der Waals surface area contributed by atoms with Gasteiger partial charge in [0.25, 0.3) is 15.9 Å². The molecule has 1 aliphatic heterocycles. The van der Waals surface area contributed by atoms with Crippen LogP contribution < -0.4 is 14.8 Å². The molecule has 2 aromatic carbocycles. The first-order valence-electron chi connectivity index (χ1n) is 12.9. The van der Waals surface area contributed by atoms with E-state index in [2.05, 4.69) is 15.0 Å². The topological polar surface area (TPSA) is 146 Å². The number of sulfonamides is 1. The van der Waals surface area contributed by atoms with Crippen molar-refractivity contribution < 1.29 is 32.2 Å². The zero-order valence-electron chi connectivity index (χ0n) is 23.1. The number of amides is 3. The molecule has 3 amide bonds. The third-order valence-corrected chi connectivity index (χ3v) is 8.04. The number of fused-ring (bicyclic) bond motifs is 1. The molecule has 0 bridgehead atoms. The highest BCUT2D eigenvalue weighted by Crippen LogP contribution is 2.31. The summed E-state index contributed by atoms with van der Waals surface area (Å²) < 4.78 is 49.1. The molecule has 4 rings (SSSR count). The molecule has 1 aliphatic rings. The van der Waals surface area contributed by atoms with Crippen LogP contribution in [0.3, 0.4) is 0 Å². The number of urea groups is 1. The van der Waals surface area contributed by atoms with Gasteiger partial charge in [0, 0.05) is 44.1 Å². The molecule has 0 saturated carbocycles. The molecule has 3 atom stereocenters. The predicted octanol–water partition coefficient (Wildman–Crippen LogP) is 2.74. The highest BCUT2D eigenvalue weighted by atomic mass is 32.2. The van der Waals surface area contributed by atoms with Crippen LogP contribution >= 0.6 is 0 Å². The number of benzene rings is 2. The van der Waals surface area contributed by atoms with Gasteiger partial charge in [0.2, 0.25) is 0 Å². The Kier molecular flexibility index (Phi) is 8.83. The van der Waals surface area contributed by atoms with E-state index in [-0.39, 0.29) is 47.6 Å². The minimum Gasteiger partial charge on any atom is -0.487 e. The third-order valence-electron chi connectivity index (χ3n) is 6.77. The van der Waals surface area contributed by atoms with Gasteiger partial charge in [0.1, 0.15) is 17.7 Å². The fourth-order valence-corrected chi connectivity index (χ4v) is 5.38. The second kappa shape index (κ2) is 12.1. The number of aryl methyl sites for hydroxylation is 1. The first-order valence-corrected chi connectivity index (χ1v) is 14.4. The first kappa shape index (κ1) is 29.8. The van der Waals surface area contributed by atoms with E-state index >= 15 is 0 Å². The number of ether oxygens (including phenoxy) is 1. The summed E-state index contributed by atoms with van der Waals surface area (Å²) in [6, 6.07) is 8.76. The second-order valence-electron chi connectivity index (χ2n) is 10.1. The van der Waals surface area contributed by atoms with Crippen molar-refractivity contribution in [1.29, 1.82) is 0 Å². The van der Waals surface area contributed by atoms with Crippen LogP contribution in [0.25, 0.3) is 0 Å². The van der Waals surface area contributed by atoms with Crippen LogP contribution in [0.15, 0.2) is 60.0 Å². The number of aliphatic hydroxyl groups is 1. The van der Waals surface area contributed by atoms with Crippen LogP contribution in [0.4, 0.5) is 20.6 Å². The molecule has 0 fully saturated rings. The average molecular weight is 589 g/mol. The van der Waals surface area contributed by atoms with E-state index in [4.69, 9.17) is 4.74 Å². The van der Waals surface area contributed by atoms with Crippen molar-refractivity contribution in [2.75, 3.05) is 36.8 Å². The summed E-state index contributed by atoms with van der Waals surface area (Å²) in [5.41, 5.74) is 0.653. The predicted molar refractivity (Wildman–Crippen MR) is 150 cm³/mol. The quantitative estimate of drug-likeness (QED) is 0.367. The summed E-state index contributed by atoms with van der Waals surface area (Å²) in [6.07, 6.45) is 2.14. The number of imidazole rings is 1. The Morgan fingerprint density at radius 3 is 2.56 bits per heavy atom. The van der Waals surface area contributed by atoms with Crippen molar-refractivity contribution in [2.45, 2.75) is 31.0 Å². The summed E-state index contributed by atoms with van der Waals surface area (Å²) in [5, 5.41) is 12.4. The number of carbonyl (C=O) groups excluding carboxylic acids is 2. The van der Waals surface area contributed by atoms with Crippen LogP contribution in [0, 0.1) is 11.7 Å². The number of nitrogens with zero attached hydrogens (tertiary/aromatic N) is 4. The maximum atomic E-state index is 13.6. The minimum absolute atomic E-state index is 0.0989. The number of halogens is 1. The van der Waals surface area contributed by atoms with E-state index in [0.717, 1.165) is 0 Å². The lowest BCUT2D eigenvalue weighted by Gasteiger charge is -2.38. The molecule has 0 spiro atoms. The number of hydrogen-bond donors (Lipinski definition) is 3. The molecule has 220 valence electrons. The van der Waals surface area contributed by atoms with Crippen molar-refractivity contribution in [1.82, 2.24) is 19.4 Å². The summed E-state index contributed by atoms with van der Waals surface area (Å²) in [6.45, 7) is 3.64. The maximum Gasteiger partial charge on any atom is 0.321 e. The zero-order chi connectivity index (χ0) is 29.9. The van der Waals surface area contributed by atoms with E-state index in [0.29, 0.717) is 5.69 Å². The van der Waals surface area contributed by atoms with Gasteiger partial charge < -0.3 is 29.5 Å². The van der Waals surface area contributed by atoms with E-state index in [1.165, 1.54) is 69.4 Å². The van der Waals surface area contributed by atoms with Crippen LogP contribution in [-0.2, 0) is 17.1 Å². The summed E-state index contributed by atoms with van der Waals surface area (Å²) in [4.78, 5) is 33.3. The number of carbonyl (C=O) groups is 2. The molecule has 2 heterocycles. The van der Waals surface area contributed by atoms with Gasteiger partial charge in [-0.1, -0.05) is 6.92 Å². The van der Waals surface area contributed by atoms with E-state index in [1.807, 2.05) is 6.92 Å². The van der Waals surface area contributed by atoms with Gasteiger partial charge in [0.15, 0.2) is 5.03 Å². The zero-order valence-corrected chi connectivity index (χ0v) is 23.9. The van der Waals surface area contributed by atoms with Crippen LogP contribution in [0.2, 0.25) is 0 Å². The molecule has 0 unspecified atom stereocenters. The van der Waals surface area contributed by atoms with Gasteiger partial charge in [-0.3, -0.25) is 9.52 Å². The van der Waals surface area contributed by atoms with Gasteiger partial charge in [-0.25, -0.2) is 14.2 Å². The highest BCUT2D eigenvalue weighted by molar-refractivity contribution is 7.92. The standard InChI is InChI=1S/C27H33FN6O6S/c1-17-12-34(18(2)15-35)26(36)22-11-21(31-41(38,39)25-14-32(3)16-29-25)9-10-23(22)40-24(17)13-33(4)27(37)30-20-7-5-19(28)6-8-20/h5-11,14,16-18,24,31,35H,12-13,15H2,1-4H3,(H,30,37)/t17-,18+,24-/m1/s1. The lowest BCUT2D eigenvalue weighted by Crippen LogP contribution is -2.50. The van der Waals surface area contributed by atoms with Crippen LogP contribution in [-0.4, -0.2) is 83.7 Å². The van der Waals surface area contributed by atoms with Crippen molar-refractivity contribution in [3.8, 4) is 5.75 Å². The molecule has 0 aliphatic carbocycles. The Bertz CT molecular complexity index is 1510. The van der Waals surface area contributed by atoms with Gasteiger partial charge in [-0.05, 0) is 49.4 Å². The average Bonchev–Trinajstić information content (AvgIpc) is 3.39. The fourth-order valence-electron chi connectivity index (χ4n) is 4.34. The Morgan fingerprint density at radius 1 is 1.24 bits per heavy atom. The van der Waals surface area contributed by atoms with Crippen molar-refractivity contribution in [2.24, 2.45) is 13.0 Å². The van der Waals surface area contributed by atoms with Crippen molar-refractivity contribution in [3.63, 3.8) is 0 Å². The van der Waals surface area contributed by atoms with E-state index in [1.54, 1.807) is 21.0 Å². The molecule has 1 aromatic heterocycles. The summed E-state index contributed by atoms with van der Waals surface area (Å²) >= 11 is 0. The molecule has 3 aromatic rings. The van der Waals surface area contributed by atoms with Crippen molar-refractivity contribution >= 4 is 33.3 Å². The monoisotopic (exact) mass is 588 g/mol. The Labute approximate surface area is 237 Å². The molecule has 12 nitrogen and oxygen atoms in total. The third kappa shape index (κ3) is 6.95. The maximum absolute atomic E-state index is 13.6. The Balaban J connectivity index is 1.60. The van der Waals surface area contributed by atoms with Crippen LogP contribution in [0.5, 0.6) is 5.75 Å². The Morgan fingerprint density at radius 2 is 1.93 bits per heavy atom. The Hall–Kier alpha value is -4.17. The normalized spacial score (nSPS) is 18.0. The minimum atomic E-state index is -4.02. The van der Waals surface area contributed by atoms with Gasteiger partial charge in [-0.15, -0.1) is 0 Å². The number of rotatable bonds is 8. The molecular formula is C27H33FN6O6S. The van der Waals surface area contributed by atoms with Gasteiger partial charge >= 0.3 is 6.03 Å².